The molecule has 0 aliphatic rings. The van der Waals surface area contributed by atoms with Crippen LogP contribution in [0.15, 0.2) is 36.5 Å². The molecular weight excluding hydrogens is 278 g/mol. The molecular formula is C17H21N3O2. The number of pyridine rings is 1. The summed E-state index contributed by atoms with van der Waals surface area (Å²) >= 11 is 0. The highest BCUT2D eigenvalue weighted by Gasteiger charge is 2.08. The average Bonchev–Trinajstić information content (AvgIpc) is 2.47. The smallest absolute Gasteiger partial charge is 0.274 e. The van der Waals surface area contributed by atoms with Crippen LogP contribution in [-0.4, -0.2) is 31.2 Å². The second-order valence-corrected chi connectivity index (χ2v) is 5.18. The second kappa shape index (κ2) is 7.56. The molecule has 1 heterocycles. The van der Waals surface area contributed by atoms with E-state index >= 15 is 0 Å². The van der Waals surface area contributed by atoms with Crippen molar-refractivity contribution in [2.24, 2.45) is 0 Å². The first-order valence-corrected chi connectivity index (χ1v) is 7.17. The van der Waals surface area contributed by atoms with Crippen molar-refractivity contribution in [2.75, 3.05) is 30.9 Å². The molecule has 0 saturated carbocycles. The number of carbonyl (C=O) groups is 1. The van der Waals surface area contributed by atoms with Gasteiger partial charge in [0.15, 0.2) is 0 Å². The van der Waals surface area contributed by atoms with Gasteiger partial charge in [0.05, 0.1) is 18.5 Å². The normalized spacial score (nSPS) is 10.3. The third-order valence-electron chi connectivity index (χ3n) is 3.11. The minimum absolute atomic E-state index is 0.214. The summed E-state index contributed by atoms with van der Waals surface area (Å²) in [6, 6.07) is 9.47. The van der Waals surface area contributed by atoms with E-state index in [1.807, 2.05) is 32.0 Å². The molecule has 22 heavy (non-hydrogen) atoms. The monoisotopic (exact) mass is 299 g/mol. The quantitative estimate of drug-likeness (QED) is 0.805. The van der Waals surface area contributed by atoms with Crippen LogP contribution in [0.3, 0.4) is 0 Å². The summed E-state index contributed by atoms with van der Waals surface area (Å²) in [6.45, 7) is 5.32. The predicted molar refractivity (Wildman–Crippen MR) is 88.5 cm³/mol. The fraction of sp³-hybridized carbons (Fsp3) is 0.294. The molecule has 2 rings (SSSR count). The van der Waals surface area contributed by atoms with E-state index in [-0.39, 0.29) is 5.91 Å². The van der Waals surface area contributed by atoms with Crippen molar-refractivity contribution >= 4 is 17.3 Å². The Morgan fingerprint density at radius 1 is 1.14 bits per heavy atom. The number of carbonyl (C=O) groups excluding carboxylic acids is 1. The number of nitrogens with zero attached hydrogens (tertiary/aromatic N) is 1. The van der Waals surface area contributed by atoms with E-state index in [1.54, 1.807) is 19.4 Å². The molecule has 0 aliphatic carbocycles. The maximum absolute atomic E-state index is 12.2. The summed E-state index contributed by atoms with van der Waals surface area (Å²) in [5.41, 5.74) is 4.25. The van der Waals surface area contributed by atoms with E-state index in [0.29, 0.717) is 18.8 Å². The Morgan fingerprint density at radius 3 is 2.45 bits per heavy atom. The van der Waals surface area contributed by atoms with Gasteiger partial charge in [-0.25, -0.2) is 4.98 Å². The van der Waals surface area contributed by atoms with Crippen molar-refractivity contribution in [1.82, 2.24) is 4.98 Å². The van der Waals surface area contributed by atoms with Crippen molar-refractivity contribution in [3.05, 3.63) is 53.3 Å². The summed E-state index contributed by atoms with van der Waals surface area (Å²) in [5, 5.41) is 6.03. The minimum atomic E-state index is -0.214. The number of benzene rings is 1. The summed E-state index contributed by atoms with van der Waals surface area (Å²) in [4.78, 5) is 16.4. The van der Waals surface area contributed by atoms with Crippen LogP contribution in [0.1, 0.15) is 21.6 Å². The van der Waals surface area contributed by atoms with Crippen LogP contribution in [0.25, 0.3) is 0 Å². The molecule has 5 nitrogen and oxygen atoms in total. The molecule has 0 aliphatic heterocycles. The number of amides is 1. The lowest BCUT2D eigenvalue weighted by Gasteiger charge is -2.08. The first-order chi connectivity index (χ1) is 10.6. The molecule has 0 bridgehead atoms. The van der Waals surface area contributed by atoms with Gasteiger partial charge in [0.1, 0.15) is 5.69 Å². The fourth-order valence-corrected chi connectivity index (χ4v) is 2.17. The zero-order chi connectivity index (χ0) is 15.9. The van der Waals surface area contributed by atoms with Crippen LogP contribution in [0.4, 0.5) is 11.4 Å². The third-order valence-corrected chi connectivity index (χ3v) is 3.11. The van der Waals surface area contributed by atoms with Crippen molar-refractivity contribution < 1.29 is 9.53 Å². The van der Waals surface area contributed by atoms with Gasteiger partial charge in [0.25, 0.3) is 5.91 Å². The molecule has 0 radical (unpaired) electrons. The number of ether oxygens (including phenoxy) is 1. The van der Waals surface area contributed by atoms with E-state index < -0.39 is 0 Å². The summed E-state index contributed by atoms with van der Waals surface area (Å²) in [5.74, 6) is -0.214. The summed E-state index contributed by atoms with van der Waals surface area (Å²) in [7, 11) is 1.65. The largest absolute Gasteiger partial charge is 0.383 e. The lowest BCUT2D eigenvalue weighted by molar-refractivity contribution is 0.102. The standard InChI is InChI=1S/C17H21N3O2/c1-12-8-13(2)10-15(9-12)20-17(21)16-5-4-14(11-19-16)18-6-7-22-3/h4-5,8-11,18H,6-7H2,1-3H3,(H,20,21). The molecule has 1 aromatic carbocycles. The SMILES string of the molecule is COCCNc1ccc(C(=O)Nc2cc(C)cc(C)c2)nc1. The zero-order valence-corrected chi connectivity index (χ0v) is 13.1. The van der Waals surface area contributed by atoms with Crippen molar-refractivity contribution in [3.63, 3.8) is 0 Å². The van der Waals surface area contributed by atoms with Gasteiger partial charge < -0.3 is 15.4 Å². The number of nitrogens with one attached hydrogen (secondary N) is 2. The predicted octanol–water partition coefficient (Wildman–Crippen LogP) is 3.01. The highest BCUT2D eigenvalue weighted by molar-refractivity contribution is 6.03. The zero-order valence-electron chi connectivity index (χ0n) is 13.1. The van der Waals surface area contributed by atoms with E-state index in [4.69, 9.17) is 4.74 Å². The molecule has 1 aromatic heterocycles. The van der Waals surface area contributed by atoms with Crippen LogP contribution in [0, 0.1) is 13.8 Å². The molecule has 2 N–H and O–H groups in total. The van der Waals surface area contributed by atoms with Gasteiger partial charge in [-0.1, -0.05) is 6.07 Å². The Hall–Kier alpha value is -2.40. The Morgan fingerprint density at radius 2 is 1.86 bits per heavy atom. The minimum Gasteiger partial charge on any atom is -0.383 e. The van der Waals surface area contributed by atoms with Crippen LogP contribution < -0.4 is 10.6 Å². The second-order valence-electron chi connectivity index (χ2n) is 5.18. The lowest BCUT2D eigenvalue weighted by atomic mass is 10.1. The topological polar surface area (TPSA) is 63.2 Å². The Kier molecular flexibility index (Phi) is 5.49. The van der Waals surface area contributed by atoms with E-state index in [1.165, 1.54) is 0 Å². The molecule has 0 unspecified atom stereocenters. The number of aromatic nitrogens is 1. The molecule has 5 heteroatoms. The molecule has 1 amide bonds. The molecule has 0 saturated heterocycles. The summed E-state index contributed by atoms with van der Waals surface area (Å²) in [6.07, 6.45) is 1.64. The van der Waals surface area contributed by atoms with Crippen LogP contribution in [0.2, 0.25) is 0 Å². The van der Waals surface area contributed by atoms with Gasteiger partial charge in [-0.2, -0.15) is 0 Å². The molecule has 2 aromatic rings. The lowest BCUT2D eigenvalue weighted by Crippen LogP contribution is -2.14. The van der Waals surface area contributed by atoms with Gasteiger partial charge in [-0.3, -0.25) is 4.79 Å². The number of methoxy groups -OCH3 is 1. The van der Waals surface area contributed by atoms with Gasteiger partial charge in [0, 0.05) is 19.3 Å². The van der Waals surface area contributed by atoms with E-state index in [9.17, 15) is 4.79 Å². The first-order valence-electron chi connectivity index (χ1n) is 7.17. The average molecular weight is 299 g/mol. The molecule has 116 valence electrons. The van der Waals surface area contributed by atoms with E-state index in [2.05, 4.69) is 21.7 Å². The van der Waals surface area contributed by atoms with Gasteiger partial charge >= 0.3 is 0 Å². The van der Waals surface area contributed by atoms with Crippen molar-refractivity contribution in [2.45, 2.75) is 13.8 Å². The first kappa shape index (κ1) is 16.0. The maximum Gasteiger partial charge on any atom is 0.274 e. The third kappa shape index (κ3) is 4.56. The number of hydrogen-bond acceptors (Lipinski definition) is 4. The Balaban J connectivity index is 2.00. The highest BCUT2D eigenvalue weighted by atomic mass is 16.5. The van der Waals surface area contributed by atoms with Crippen LogP contribution >= 0.6 is 0 Å². The molecule has 0 fully saturated rings. The van der Waals surface area contributed by atoms with Crippen molar-refractivity contribution in [3.8, 4) is 0 Å². The van der Waals surface area contributed by atoms with Crippen LogP contribution in [0.5, 0.6) is 0 Å². The van der Waals surface area contributed by atoms with Gasteiger partial charge in [0.2, 0.25) is 0 Å². The Labute approximate surface area is 130 Å². The number of anilines is 2. The van der Waals surface area contributed by atoms with E-state index in [0.717, 1.165) is 22.5 Å². The highest BCUT2D eigenvalue weighted by Crippen LogP contribution is 2.15. The number of hydrogen-bond donors (Lipinski definition) is 2. The number of aryl methyl sites for hydroxylation is 2. The Bertz CT molecular complexity index is 619. The van der Waals surface area contributed by atoms with Gasteiger partial charge in [-0.05, 0) is 49.2 Å². The van der Waals surface area contributed by atoms with Crippen molar-refractivity contribution in [1.29, 1.82) is 0 Å². The maximum atomic E-state index is 12.2. The number of rotatable bonds is 6. The van der Waals surface area contributed by atoms with Gasteiger partial charge in [-0.15, -0.1) is 0 Å². The van der Waals surface area contributed by atoms with Crippen LogP contribution in [-0.2, 0) is 4.74 Å². The molecule has 0 spiro atoms. The summed E-state index contributed by atoms with van der Waals surface area (Å²) < 4.78 is 4.96. The molecule has 0 atom stereocenters. The fourth-order valence-electron chi connectivity index (χ4n) is 2.17.